The molecule has 4 heteroatoms. The summed E-state index contributed by atoms with van der Waals surface area (Å²) in [5, 5.41) is 8.21. The van der Waals surface area contributed by atoms with Crippen molar-refractivity contribution < 1.29 is 9.47 Å². The van der Waals surface area contributed by atoms with Crippen molar-refractivity contribution in [3.63, 3.8) is 0 Å². The summed E-state index contributed by atoms with van der Waals surface area (Å²) in [5.41, 5.74) is 1.70. The van der Waals surface area contributed by atoms with E-state index in [1.807, 2.05) is 18.3 Å². The summed E-state index contributed by atoms with van der Waals surface area (Å²) in [6, 6.07) is 6.15. The summed E-state index contributed by atoms with van der Waals surface area (Å²) in [4.78, 5) is 0. The van der Waals surface area contributed by atoms with Gasteiger partial charge < -0.3 is 9.47 Å². The molecule has 0 bridgehead atoms. The maximum absolute atomic E-state index is 6.04. The smallest absolute Gasteiger partial charge is 0.163 e. The second-order valence-corrected chi connectivity index (χ2v) is 6.14. The zero-order valence-corrected chi connectivity index (χ0v) is 11.9. The van der Waals surface area contributed by atoms with Gasteiger partial charge in [-0.15, -0.1) is 0 Å². The third-order valence-corrected chi connectivity index (χ3v) is 4.26. The zero-order chi connectivity index (χ0) is 13.7. The van der Waals surface area contributed by atoms with Crippen molar-refractivity contribution in [2.24, 2.45) is 0 Å². The third-order valence-electron chi connectivity index (χ3n) is 4.26. The van der Waals surface area contributed by atoms with Crippen molar-refractivity contribution in [1.82, 2.24) is 10.2 Å². The highest BCUT2D eigenvalue weighted by Gasteiger charge is 2.48. The van der Waals surface area contributed by atoms with Crippen LogP contribution in [0.5, 0.6) is 0 Å². The van der Waals surface area contributed by atoms with Crippen molar-refractivity contribution in [2.45, 2.75) is 51.6 Å². The minimum absolute atomic E-state index is 0.203. The number of fused-ring (bicyclic) bond motifs is 1. The lowest BCUT2D eigenvalue weighted by atomic mass is 9.90. The molecule has 3 rings (SSSR count). The molecular formula is C15H20N2O2. The van der Waals surface area contributed by atoms with Gasteiger partial charge in [0.1, 0.15) is 0 Å². The number of nitrogens with zero attached hydrogens (tertiary/aromatic N) is 1. The lowest BCUT2D eigenvalue weighted by Gasteiger charge is -2.30. The van der Waals surface area contributed by atoms with Gasteiger partial charge >= 0.3 is 0 Å². The zero-order valence-electron chi connectivity index (χ0n) is 11.9. The lowest BCUT2D eigenvalue weighted by Crippen LogP contribution is -2.41. The molecule has 0 amide bonds. The third kappa shape index (κ3) is 2.05. The van der Waals surface area contributed by atoms with Crippen molar-refractivity contribution in [3.8, 4) is 0 Å². The van der Waals surface area contributed by atoms with E-state index in [9.17, 15) is 0 Å². The van der Waals surface area contributed by atoms with E-state index in [1.54, 1.807) is 0 Å². The molecule has 1 aromatic carbocycles. The topological polar surface area (TPSA) is 47.1 Å². The fraction of sp³-hybridized carbons (Fsp3) is 0.533. The predicted molar refractivity (Wildman–Crippen MR) is 73.9 cm³/mol. The van der Waals surface area contributed by atoms with E-state index >= 15 is 0 Å². The number of hydrogen-bond acceptors (Lipinski definition) is 3. The first kappa shape index (κ1) is 12.6. The first-order valence-electron chi connectivity index (χ1n) is 6.66. The van der Waals surface area contributed by atoms with Crippen LogP contribution in [0.2, 0.25) is 0 Å². The molecule has 0 unspecified atom stereocenters. The first-order chi connectivity index (χ1) is 8.89. The Labute approximate surface area is 113 Å². The highest BCUT2D eigenvalue weighted by atomic mass is 16.7. The number of hydrogen-bond donors (Lipinski definition) is 1. The van der Waals surface area contributed by atoms with E-state index in [2.05, 4.69) is 44.0 Å². The van der Waals surface area contributed by atoms with Crippen molar-refractivity contribution in [2.75, 3.05) is 0 Å². The number of rotatable bonds is 2. The van der Waals surface area contributed by atoms with Crippen LogP contribution in [0.4, 0.5) is 0 Å². The van der Waals surface area contributed by atoms with Gasteiger partial charge in [0.2, 0.25) is 0 Å². The van der Waals surface area contributed by atoms with Gasteiger partial charge in [-0.25, -0.2) is 0 Å². The minimum Gasteiger partial charge on any atom is -0.343 e. The molecular weight excluding hydrogens is 240 g/mol. The Balaban J connectivity index is 1.85. The Morgan fingerprint density at radius 2 is 1.84 bits per heavy atom. The van der Waals surface area contributed by atoms with Gasteiger partial charge in [0.05, 0.1) is 22.9 Å². The van der Waals surface area contributed by atoms with Gasteiger partial charge in [-0.3, -0.25) is 5.10 Å². The number of aromatic nitrogens is 2. The highest BCUT2D eigenvalue weighted by Crippen LogP contribution is 2.39. The summed E-state index contributed by atoms with van der Waals surface area (Å²) in [6.45, 7) is 8.30. The molecule has 1 aliphatic heterocycles. The number of nitrogens with one attached hydrogen (secondary N) is 1. The molecule has 1 aromatic heterocycles. The van der Waals surface area contributed by atoms with Crippen LogP contribution in [-0.2, 0) is 15.9 Å². The number of ether oxygens (including phenoxy) is 2. The van der Waals surface area contributed by atoms with Crippen LogP contribution in [0.1, 0.15) is 33.3 Å². The van der Waals surface area contributed by atoms with Crippen molar-refractivity contribution in [1.29, 1.82) is 0 Å². The summed E-state index contributed by atoms with van der Waals surface area (Å²) in [6.07, 6.45) is 2.39. The molecule has 0 atom stereocenters. The molecule has 4 nitrogen and oxygen atoms in total. The van der Waals surface area contributed by atoms with Gasteiger partial charge in [-0.05, 0) is 39.3 Å². The van der Waals surface area contributed by atoms with Crippen LogP contribution in [0, 0.1) is 0 Å². The molecule has 1 fully saturated rings. The van der Waals surface area contributed by atoms with Crippen LogP contribution in [0.15, 0.2) is 24.4 Å². The fourth-order valence-electron chi connectivity index (χ4n) is 2.44. The van der Waals surface area contributed by atoms with Crippen LogP contribution in [-0.4, -0.2) is 27.7 Å². The summed E-state index contributed by atoms with van der Waals surface area (Å²) >= 11 is 0. The Kier molecular flexibility index (Phi) is 2.69. The van der Waals surface area contributed by atoms with Crippen LogP contribution in [0.3, 0.4) is 0 Å². The molecule has 0 aliphatic carbocycles. The van der Waals surface area contributed by atoms with E-state index in [1.165, 1.54) is 5.56 Å². The quantitative estimate of drug-likeness (QED) is 0.902. The molecule has 0 radical (unpaired) electrons. The van der Waals surface area contributed by atoms with E-state index in [4.69, 9.17) is 9.47 Å². The largest absolute Gasteiger partial charge is 0.343 e. The second kappa shape index (κ2) is 4.05. The Hall–Kier alpha value is -1.39. The first-order valence-corrected chi connectivity index (χ1v) is 6.66. The standard InChI is InChI=1S/C15H20N2O2/c1-14(2)15(3,4)19-13(18-14)8-10-6-5-7-12-11(10)9-16-17-12/h5-7,9,13H,8H2,1-4H3,(H,16,17). The van der Waals surface area contributed by atoms with Crippen molar-refractivity contribution >= 4 is 10.9 Å². The lowest BCUT2D eigenvalue weighted by molar-refractivity contribution is -0.0844. The van der Waals surface area contributed by atoms with E-state index in [0.717, 1.165) is 17.3 Å². The van der Waals surface area contributed by atoms with E-state index in [0.29, 0.717) is 0 Å². The molecule has 2 aromatic rings. The molecule has 102 valence electrons. The summed E-state index contributed by atoms with van der Waals surface area (Å²) in [7, 11) is 0. The Morgan fingerprint density at radius 3 is 2.53 bits per heavy atom. The maximum atomic E-state index is 6.04. The molecule has 1 saturated heterocycles. The number of H-pyrrole nitrogens is 1. The van der Waals surface area contributed by atoms with E-state index in [-0.39, 0.29) is 17.5 Å². The van der Waals surface area contributed by atoms with Crippen LogP contribution >= 0.6 is 0 Å². The van der Waals surface area contributed by atoms with Crippen molar-refractivity contribution in [3.05, 3.63) is 30.0 Å². The average molecular weight is 260 g/mol. The van der Waals surface area contributed by atoms with Crippen LogP contribution in [0.25, 0.3) is 10.9 Å². The molecule has 1 N–H and O–H groups in total. The average Bonchev–Trinajstić information content (AvgIpc) is 2.82. The number of benzene rings is 1. The van der Waals surface area contributed by atoms with Gasteiger partial charge in [-0.1, -0.05) is 12.1 Å². The van der Waals surface area contributed by atoms with Gasteiger partial charge in [-0.2, -0.15) is 5.10 Å². The Morgan fingerprint density at radius 1 is 1.16 bits per heavy atom. The van der Waals surface area contributed by atoms with Crippen LogP contribution < -0.4 is 0 Å². The molecule has 0 spiro atoms. The van der Waals surface area contributed by atoms with Gasteiger partial charge in [0, 0.05) is 11.8 Å². The summed E-state index contributed by atoms with van der Waals surface area (Å²) < 4.78 is 12.1. The molecule has 2 heterocycles. The fourth-order valence-corrected chi connectivity index (χ4v) is 2.44. The minimum atomic E-state index is -0.276. The van der Waals surface area contributed by atoms with Gasteiger partial charge in [0.15, 0.2) is 6.29 Å². The normalized spacial score (nSPS) is 22.1. The van der Waals surface area contributed by atoms with E-state index < -0.39 is 0 Å². The highest BCUT2D eigenvalue weighted by molar-refractivity contribution is 5.81. The maximum Gasteiger partial charge on any atom is 0.163 e. The molecule has 1 aliphatic rings. The monoisotopic (exact) mass is 260 g/mol. The predicted octanol–water partition coefficient (Wildman–Crippen LogP) is 3.04. The summed E-state index contributed by atoms with van der Waals surface area (Å²) in [5.74, 6) is 0. The Bertz CT molecular complexity index is 585. The number of aromatic amines is 1. The SMILES string of the molecule is CC1(C)OC(Cc2cccc3[nH]ncc23)OC1(C)C. The molecule has 19 heavy (non-hydrogen) atoms. The molecule has 0 saturated carbocycles. The van der Waals surface area contributed by atoms with Gasteiger partial charge in [0.25, 0.3) is 0 Å². The second-order valence-electron chi connectivity index (χ2n) is 6.14.